The Bertz CT molecular complexity index is 1200. The Morgan fingerprint density at radius 3 is 2.20 bits per heavy atom. The van der Waals surface area contributed by atoms with E-state index in [2.05, 4.69) is 5.32 Å². The molecule has 3 aromatic carbocycles. The highest BCUT2D eigenvalue weighted by Crippen LogP contribution is 2.25. The SMILES string of the molecule is CC(C)S(=O)(=O)c1cccc(C(=O)Nc2ccc(Cl)cc2C(=O)c2ccccc2)c1. The second-order valence-electron chi connectivity index (χ2n) is 6.96. The van der Waals surface area contributed by atoms with E-state index in [0.29, 0.717) is 10.6 Å². The molecule has 0 fully saturated rings. The fraction of sp³-hybridized carbons (Fsp3) is 0.130. The molecule has 0 atom stereocenters. The lowest BCUT2D eigenvalue weighted by Gasteiger charge is -2.13. The lowest BCUT2D eigenvalue weighted by molar-refractivity contribution is 0.102. The zero-order valence-corrected chi connectivity index (χ0v) is 18.0. The van der Waals surface area contributed by atoms with Gasteiger partial charge < -0.3 is 5.32 Å². The van der Waals surface area contributed by atoms with Crippen molar-refractivity contribution in [1.29, 1.82) is 0 Å². The van der Waals surface area contributed by atoms with Crippen LogP contribution in [0.15, 0.2) is 77.7 Å². The van der Waals surface area contributed by atoms with Crippen LogP contribution >= 0.6 is 11.6 Å². The Kier molecular flexibility index (Phi) is 6.39. The van der Waals surface area contributed by atoms with E-state index >= 15 is 0 Å². The second-order valence-corrected chi connectivity index (χ2v) is 9.90. The predicted octanol–water partition coefficient (Wildman–Crippen LogP) is 5.01. The van der Waals surface area contributed by atoms with Crippen LogP contribution in [0.4, 0.5) is 5.69 Å². The molecule has 0 spiro atoms. The Morgan fingerprint density at radius 2 is 1.53 bits per heavy atom. The molecule has 0 aromatic heterocycles. The van der Waals surface area contributed by atoms with E-state index < -0.39 is 21.0 Å². The number of amides is 1. The molecular weight excluding hydrogens is 422 g/mol. The molecule has 0 unspecified atom stereocenters. The van der Waals surface area contributed by atoms with Gasteiger partial charge in [-0.2, -0.15) is 0 Å². The molecule has 0 saturated heterocycles. The van der Waals surface area contributed by atoms with Crippen molar-refractivity contribution in [3.63, 3.8) is 0 Å². The number of carbonyl (C=O) groups excluding carboxylic acids is 2. The van der Waals surface area contributed by atoms with E-state index in [4.69, 9.17) is 11.6 Å². The van der Waals surface area contributed by atoms with Gasteiger partial charge in [-0.05, 0) is 50.2 Å². The van der Waals surface area contributed by atoms with Gasteiger partial charge in [0.05, 0.1) is 15.8 Å². The van der Waals surface area contributed by atoms with Gasteiger partial charge in [-0.25, -0.2) is 8.42 Å². The third kappa shape index (κ3) is 4.61. The maximum atomic E-state index is 12.9. The largest absolute Gasteiger partial charge is 0.321 e. The molecule has 0 aliphatic carbocycles. The van der Waals surface area contributed by atoms with Gasteiger partial charge in [0.1, 0.15) is 0 Å². The minimum Gasteiger partial charge on any atom is -0.321 e. The fourth-order valence-electron chi connectivity index (χ4n) is 2.84. The zero-order chi connectivity index (χ0) is 21.9. The fourth-order valence-corrected chi connectivity index (χ4v) is 4.12. The average molecular weight is 442 g/mol. The Balaban J connectivity index is 1.94. The summed E-state index contributed by atoms with van der Waals surface area (Å²) in [6, 6.07) is 19.1. The Morgan fingerprint density at radius 1 is 0.867 bits per heavy atom. The molecule has 0 heterocycles. The van der Waals surface area contributed by atoms with Crippen molar-refractivity contribution in [3.8, 4) is 0 Å². The molecule has 0 radical (unpaired) electrons. The molecule has 0 saturated carbocycles. The molecule has 1 N–H and O–H groups in total. The summed E-state index contributed by atoms with van der Waals surface area (Å²) < 4.78 is 24.8. The molecule has 0 aliphatic rings. The van der Waals surface area contributed by atoms with Crippen LogP contribution < -0.4 is 5.32 Å². The van der Waals surface area contributed by atoms with Crippen LogP contribution in [0.1, 0.15) is 40.1 Å². The Hall–Kier alpha value is -2.96. The van der Waals surface area contributed by atoms with Gasteiger partial charge in [0.15, 0.2) is 15.6 Å². The van der Waals surface area contributed by atoms with E-state index in [0.717, 1.165) is 0 Å². The monoisotopic (exact) mass is 441 g/mol. The normalized spacial score (nSPS) is 11.3. The molecule has 0 aliphatic heterocycles. The number of anilines is 1. The minimum absolute atomic E-state index is 0.0711. The van der Waals surface area contributed by atoms with Crippen molar-refractivity contribution in [2.24, 2.45) is 0 Å². The molecule has 0 bridgehead atoms. The van der Waals surface area contributed by atoms with Crippen LogP contribution in [-0.4, -0.2) is 25.4 Å². The van der Waals surface area contributed by atoms with Crippen molar-refractivity contribution >= 4 is 38.8 Å². The third-order valence-corrected chi connectivity index (χ3v) is 6.94. The number of nitrogens with one attached hydrogen (secondary N) is 1. The smallest absolute Gasteiger partial charge is 0.255 e. The first-order chi connectivity index (χ1) is 14.2. The number of hydrogen-bond donors (Lipinski definition) is 1. The van der Waals surface area contributed by atoms with Crippen LogP contribution in [-0.2, 0) is 9.84 Å². The molecule has 1 amide bonds. The van der Waals surface area contributed by atoms with Crippen molar-refractivity contribution < 1.29 is 18.0 Å². The first kappa shape index (κ1) is 21.7. The molecule has 154 valence electrons. The average Bonchev–Trinajstić information content (AvgIpc) is 2.75. The van der Waals surface area contributed by atoms with E-state index in [-0.39, 0.29) is 27.5 Å². The minimum atomic E-state index is -3.52. The molecule has 7 heteroatoms. The third-order valence-electron chi connectivity index (χ3n) is 4.56. The van der Waals surface area contributed by atoms with E-state index in [1.807, 2.05) is 0 Å². The van der Waals surface area contributed by atoms with Crippen molar-refractivity contribution in [2.45, 2.75) is 24.0 Å². The van der Waals surface area contributed by atoms with Crippen LogP contribution in [0.2, 0.25) is 5.02 Å². The number of benzene rings is 3. The summed E-state index contributed by atoms with van der Waals surface area (Å²) in [4.78, 5) is 25.8. The second kappa shape index (κ2) is 8.81. The maximum Gasteiger partial charge on any atom is 0.255 e. The summed E-state index contributed by atoms with van der Waals surface area (Å²) in [5.74, 6) is -0.815. The number of rotatable bonds is 6. The zero-order valence-electron chi connectivity index (χ0n) is 16.4. The Labute approximate surface area is 180 Å². The van der Waals surface area contributed by atoms with E-state index in [1.54, 1.807) is 56.3 Å². The lowest BCUT2D eigenvalue weighted by Crippen LogP contribution is -2.17. The van der Waals surface area contributed by atoms with Gasteiger partial charge in [0.25, 0.3) is 5.91 Å². The van der Waals surface area contributed by atoms with Crippen LogP contribution in [0, 0.1) is 0 Å². The topological polar surface area (TPSA) is 80.3 Å². The van der Waals surface area contributed by atoms with Crippen LogP contribution in [0.5, 0.6) is 0 Å². The molecule has 30 heavy (non-hydrogen) atoms. The quantitative estimate of drug-likeness (QED) is 0.545. The first-order valence-corrected chi connectivity index (χ1v) is 11.2. The van der Waals surface area contributed by atoms with Gasteiger partial charge in [-0.15, -0.1) is 0 Å². The van der Waals surface area contributed by atoms with Crippen LogP contribution in [0.25, 0.3) is 0 Å². The maximum absolute atomic E-state index is 12.9. The van der Waals surface area contributed by atoms with Gasteiger partial charge in [-0.1, -0.05) is 48.0 Å². The summed E-state index contributed by atoms with van der Waals surface area (Å²) >= 11 is 6.07. The molecular formula is C23H20ClNO4S. The van der Waals surface area contributed by atoms with Gasteiger partial charge in [-0.3, -0.25) is 9.59 Å². The summed E-state index contributed by atoms with van der Waals surface area (Å²) in [6.45, 7) is 3.16. The predicted molar refractivity (Wildman–Crippen MR) is 118 cm³/mol. The van der Waals surface area contributed by atoms with Gasteiger partial charge >= 0.3 is 0 Å². The van der Waals surface area contributed by atoms with E-state index in [1.165, 1.54) is 30.3 Å². The van der Waals surface area contributed by atoms with Crippen molar-refractivity contribution in [2.75, 3.05) is 5.32 Å². The number of sulfone groups is 1. The van der Waals surface area contributed by atoms with Crippen LogP contribution in [0.3, 0.4) is 0 Å². The van der Waals surface area contributed by atoms with Gasteiger partial charge in [0.2, 0.25) is 0 Å². The number of hydrogen-bond acceptors (Lipinski definition) is 4. The van der Waals surface area contributed by atoms with Crippen molar-refractivity contribution in [3.05, 3.63) is 94.5 Å². The standard InChI is InChI=1S/C23H20ClNO4S/c1-15(2)30(28,29)19-10-6-9-17(13-19)23(27)25-21-12-11-18(24)14-20(21)22(26)16-7-4-3-5-8-16/h3-15H,1-2H3,(H,25,27). The molecule has 3 aromatic rings. The molecule has 3 rings (SSSR count). The summed E-state index contributed by atoms with van der Waals surface area (Å²) in [5.41, 5.74) is 1.16. The highest BCUT2D eigenvalue weighted by Gasteiger charge is 2.21. The number of halogens is 1. The van der Waals surface area contributed by atoms with E-state index in [9.17, 15) is 18.0 Å². The molecule has 5 nitrogen and oxygen atoms in total. The van der Waals surface area contributed by atoms with Crippen molar-refractivity contribution in [1.82, 2.24) is 0 Å². The number of ketones is 1. The lowest BCUT2D eigenvalue weighted by atomic mass is 10.0. The number of carbonyl (C=O) groups is 2. The van der Waals surface area contributed by atoms with Gasteiger partial charge in [0, 0.05) is 21.7 Å². The summed E-state index contributed by atoms with van der Waals surface area (Å²) in [7, 11) is -3.52. The summed E-state index contributed by atoms with van der Waals surface area (Å²) in [5, 5.41) is 2.45. The first-order valence-electron chi connectivity index (χ1n) is 9.25. The highest BCUT2D eigenvalue weighted by atomic mass is 35.5. The summed E-state index contributed by atoms with van der Waals surface area (Å²) in [6.07, 6.45) is 0. The highest BCUT2D eigenvalue weighted by molar-refractivity contribution is 7.92.